The summed E-state index contributed by atoms with van der Waals surface area (Å²) >= 11 is 0. The first-order valence-corrected chi connectivity index (χ1v) is 6.93. The Balaban J connectivity index is 2.32. The fraction of sp³-hybridized carbons (Fsp3) is 0.294. The van der Waals surface area contributed by atoms with Gasteiger partial charge >= 0.3 is 0 Å². The number of aryl methyl sites for hydroxylation is 1. The van der Waals surface area contributed by atoms with Gasteiger partial charge in [0, 0.05) is 17.8 Å². The Morgan fingerprint density at radius 3 is 2.52 bits per heavy atom. The fourth-order valence-electron chi connectivity index (χ4n) is 2.31. The maximum absolute atomic E-state index is 5.95. The van der Waals surface area contributed by atoms with Crippen molar-refractivity contribution in [2.75, 3.05) is 26.1 Å². The zero-order valence-electron chi connectivity index (χ0n) is 12.7. The van der Waals surface area contributed by atoms with Crippen molar-refractivity contribution in [1.82, 2.24) is 0 Å². The van der Waals surface area contributed by atoms with Crippen LogP contribution in [-0.4, -0.2) is 20.8 Å². The number of methoxy groups -OCH3 is 2. The molecule has 0 aromatic heterocycles. The number of rotatable bonds is 6. The van der Waals surface area contributed by atoms with Gasteiger partial charge in [-0.15, -0.1) is 0 Å². The van der Waals surface area contributed by atoms with Gasteiger partial charge in [-0.3, -0.25) is 0 Å². The summed E-state index contributed by atoms with van der Waals surface area (Å²) in [7, 11) is 3.31. The van der Waals surface area contributed by atoms with Crippen molar-refractivity contribution in [3.05, 3.63) is 53.6 Å². The van der Waals surface area contributed by atoms with E-state index in [1.54, 1.807) is 14.2 Å². The number of benzene rings is 2. The normalized spacial score (nSPS) is 11.8. The van der Waals surface area contributed by atoms with E-state index in [1.807, 2.05) is 30.3 Å². The Labute approximate surface area is 125 Å². The van der Waals surface area contributed by atoms with E-state index in [1.165, 1.54) is 5.56 Å². The van der Waals surface area contributed by atoms with E-state index in [2.05, 4.69) is 24.4 Å². The van der Waals surface area contributed by atoms with Crippen molar-refractivity contribution in [1.29, 1.82) is 0 Å². The van der Waals surface area contributed by atoms with E-state index < -0.39 is 0 Å². The second-order valence-corrected chi connectivity index (χ2v) is 4.91. The first-order chi connectivity index (χ1) is 10.2. The van der Waals surface area contributed by atoms with Gasteiger partial charge in [-0.25, -0.2) is 0 Å². The number of hydrogen-bond acceptors (Lipinski definition) is 4. The van der Waals surface area contributed by atoms with Crippen molar-refractivity contribution in [2.45, 2.75) is 13.0 Å². The van der Waals surface area contributed by atoms with Crippen LogP contribution in [0.3, 0.4) is 0 Å². The van der Waals surface area contributed by atoms with Gasteiger partial charge in [-0.05, 0) is 42.8 Å². The van der Waals surface area contributed by atoms with Crippen molar-refractivity contribution in [2.24, 2.45) is 5.73 Å². The summed E-state index contributed by atoms with van der Waals surface area (Å²) in [6.45, 7) is 2.52. The third-order valence-corrected chi connectivity index (χ3v) is 3.41. The Kier molecular flexibility index (Phi) is 5.06. The van der Waals surface area contributed by atoms with Crippen molar-refractivity contribution < 1.29 is 9.47 Å². The summed E-state index contributed by atoms with van der Waals surface area (Å²) in [4.78, 5) is 0. The van der Waals surface area contributed by atoms with Crippen LogP contribution in [0.25, 0.3) is 0 Å². The van der Waals surface area contributed by atoms with Crippen LogP contribution < -0.4 is 20.5 Å². The summed E-state index contributed by atoms with van der Waals surface area (Å²) in [6.07, 6.45) is 0. The number of ether oxygens (including phenoxy) is 2. The predicted molar refractivity (Wildman–Crippen MR) is 86.1 cm³/mol. The van der Waals surface area contributed by atoms with Crippen LogP contribution in [0.1, 0.15) is 17.2 Å². The molecule has 0 bridgehead atoms. The van der Waals surface area contributed by atoms with Gasteiger partial charge < -0.3 is 20.5 Å². The Morgan fingerprint density at radius 1 is 1.10 bits per heavy atom. The lowest BCUT2D eigenvalue weighted by atomic mass is 10.0. The number of nitrogens with one attached hydrogen (secondary N) is 1. The van der Waals surface area contributed by atoms with Gasteiger partial charge in [0.15, 0.2) is 0 Å². The summed E-state index contributed by atoms with van der Waals surface area (Å²) in [5.74, 6) is 1.58. The molecule has 4 heteroatoms. The van der Waals surface area contributed by atoms with Gasteiger partial charge in [0.2, 0.25) is 0 Å². The van der Waals surface area contributed by atoms with Gasteiger partial charge in [-0.1, -0.05) is 12.1 Å². The molecule has 4 nitrogen and oxygen atoms in total. The highest BCUT2D eigenvalue weighted by atomic mass is 16.5. The van der Waals surface area contributed by atoms with Crippen LogP contribution in [0.15, 0.2) is 42.5 Å². The molecule has 0 aliphatic heterocycles. The molecule has 0 amide bonds. The molecule has 1 unspecified atom stereocenters. The molecule has 0 aliphatic carbocycles. The van der Waals surface area contributed by atoms with E-state index >= 15 is 0 Å². The van der Waals surface area contributed by atoms with E-state index in [9.17, 15) is 0 Å². The summed E-state index contributed by atoms with van der Waals surface area (Å²) in [6, 6.07) is 13.9. The molecule has 2 aromatic carbocycles. The molecule has 3 N–H and O–H groups in total. The largest absolute Gasteiger partial charge is 0.497 e. The van der Waals surface area contributed by atoms with Crippen molar-refractivity contribution in [3.63, 3.8) is 0 Å². The lowest BCUT2D eigenvalue weighted by Crippen LogP contribution is -2.21. The molecular weight excluding hydrogens is 264 g/mol. The average molecular weight is 286 g/mol. The predicted octanol–water partition coefficient (Wildman–Crippen LogP) is 3.12. The van der Waals surface area contributed by atoms with Crippen LogP contribution in [0.5, 0.6) is 11.5 Å². The molecule has 2 aromatic rings. The third kappa shape index (κ3) is 3.67. The standard InChI is InChI=1S/C17H22N2O2/c1-12-5-4-6-13(9-12)19-16(11-18)15-10-14(20-2)7-8-17(15)21-3/h4-10,16,19H,11,18H2,1-3H3. The topological polar surface area (TPSA) is 56.5 Å². The first-order valence-electron chi connectivity index (χ1n) is 6.93. The molecule has 0 fully saturated rings. The van der Waals surface area contributed by atoms with Crippen molar-refractivity contribution >= 4 is 5.69 Å². The molecule has 0 heterocycles. The number of nitrogens with two attached hydrogens (primary N) is 1. The molecule has 21 heavy (non-hydrogen) atoms. The summed E-state index contributed by atoms with van der Waals surface area (Å²) in [5, 5.41) is 3.45. The maximum Gasteiger partial charge on any atom is 0.124 e. The van der Waals surface area contributed by atoms with Gasteiger partial charge in [-0.2, -0.15) is 0 Å². The van der Waals surface area contributed by atoms with Crippen LogP contribution in [0.4, 0.5) is 5.69 Å². The Hall–Kier alpha value is -2.20. The second kappa shape index (κ2) is 6.99. The second-order valence-electron chi connectivity index (χ2n) is 4.91. The molecule has 0 aliphatic rings. The minimum Gasteiger partial charge on any atom is -0.497 e. The Morgan fingerprint density at radius 2 is 1.90 bits per heavy atom. The third-order valence-electron chi connectivity index (χ3n) is 3.41. The highest BCUT2D eigenvalue weighted by molar-refractivity contribution is 5.51. The fourth-order valence-corrected chi connectivity index (χ4v) is 2.31. The van der Waals surface area contributed by atoms with Crippen LogP contribution in [0, 0.1) is 6.92 Å². The number of hydrogen-bond donors (Lipinski definition) is 2. The SMILES string of the molecule is COc1ccc(OC)c(C(CN)Nc2cccc(C)c2)c1. The number of anilines is 1. The zero-order valence-corrected chi connectivity index (χ0v) is 12.7. The van der Waals surface area contributed by atoms with Crippen LogP contribution >= 0.6 is 0 Å². The van der Waals surface area contributed by atoms with E-state index in [0.717, 1.165) is 22.7 Å². The zero-order chi connectivity index (χ0) is 15.2. The van der Waals surface area contributed by atoms with Gasteiger partial charge in [0.05, 0.1) is 20.3 Å². The molecule has 2 rings (SSSR count). The summed E-state index contributed by atoms with van der Waals surface area (Å²) < 4.78 is 10.7. The monoisotopic (exact) mass is 286 g/mol. The highest BCUT2D eigenvalue weighted by Gasteiger charge is 2.16. The smallest absolute Gasteiger partial charge is 0.124 e. The van der Waals surface area contributed by atoms with E-state index in [0.29, 0.717) is 6.54 Å². The Bertz CT molecular complexity index is 599. The lowest BCUT2D eigenvalue weighted by Gasteiger charge is -2.21. The molecule has 0 radical (unpaired) electrons. The molecule has 112 valence electrons. The molecule has 0 spiro atoms. The molecule has 0 saturated heterocycles. The molecular formula is C17H22N2O2. The maximum atomic E-state index is 5.95. The van der Waals surface area contributed by atoms with Gasteiger partial charge in [0.25, 0.3) is 0 Å². The first kappa shape index (κ1) is 15.2. The summed E-state index contributed by atoms with van der Waals surface area (Å²) in [5.41, 5.74) is 9.17. The van der Waals surface area contributed by atoms with Gasteiger partial charge in [0.1, 0.15) is 11.5 Å². The molecule has 1 atom stereocenters. The lowest BCUT2D eigenvalue weighted by molar-refractivity contribution is 0.396. The van der Waals surface area contributed by atoms with Crippen molar-refractivity contribution in [3.8, 4) is 11.5 Å². The quantitative estimate of drug-likeness (QED) is 0.856. The van der Waals surface area contributed by atoms with Crippen LogP contribution in [0.2, 0.25) is 0 Å². The minimum atomic E-state index is -0.0446. The minimum absolute atomic E-state index is 0.0446. The van der Waals surface area contributed by atoms with E-state index in [4.69, 9.17) is 15.2 Å². The average Bonchev–Trinajstić information content (AvgIpc) is 2.52. The van der Waals surface area contributed by atoms with E-state index in [-0.39, 0.29) is 6.04 Å². The molecule has 0 saturated carbocycles. The van der Waals surface area contributed by atoms with Crippen LogP contribution in [-0.2, 0) is 0 Å². The highest BCUT2D eigenvalue weighted by Crippen LogP contribution is 2.31.